The molecule has 0 spiro atoms. The quantitative estimate of drug-likeness (QED) is 0.607. The lowest BCUT2D eigenvalue weighted by Gasteiger charge is -2.20. The molecule has 0 atom stereocenters. The van der Waals surface area contributed by atoms with Crippen LogP contribution in [0.4, 0.5) is 0 Å². The van der Waals surface area contributed by atoms with Gasteiger partial charge in [-0.05, 0) is 25.2 Å². The molecule has 0 unspecified atom stereocenters. The Morgan fingerprint density at radius 3 is 2.62 bits per heavy atom. The summed E-state index contributed by atoms with van der Waals surface area (Å²) in [5.41, 5.74) is 0. The van der Waals surface area contributed by atoms with Gasteiger partial charge >= 0.3 is 0 Å². The first kappa shape index (κ1) is 10.8. The first-order valence-corrected chi connectivity index (χ1v) is 5.65. The van der Waals surface area contributed by atoms with Gasteiger partial charge in [0.05, 0.1) is 0 Å². The molecule has 1 aliphatic carbocycles. The highest BCUT2D eigenvalue weighted by atomic mass is 35.5. The second kappa shape index (κ2) is 5.48. The van der Waals surface area contributed by atoms with Crippen LogP contribution in [-0.2, 0) is 4.79 Å². The Morgan fingerprint density at radius 2 is 2.15 bits per heavy atom. The number of hydrogen-bond donors (Lipinski definition) is 0. The Hall–Kier alpha value is -0.240. The van der Waals surface area contributed by atoms with E-state index in [2.05, 4.69) is 6.92 Å². The topological polar surface area (TPSA) is 20.3 Å². The fourth-order valence-corrected chi connectivity index (χ4v) is 1.64. The molecule has 0 radical (unpaired) electrons. The van der Waals surface area contributed by atoms with Crippen molar-refractivity contribution in [2.45, 2.75) is 32.6 Å². The zero-order valence-electron chi connectivity index (χ0n) is 8.26. The molecule has 13 heavy (non-hydrogen) atoms. The van der Waals surface area contributed by atoms with E-state index in [-0.39, 0.29) is 0 Å². The number of alkyl halides is 1. The third-order valence-electron chi connectivity index (χ3n) is 2.36. The second-order valence-electron chi connectivity index (χ2n) is 3.72. The van der Waals surface area contributed by atoms with Gasteiger partial charge in [0.1, 0.15) is 0 Å². The van der Waals surface area contributed by atoms with Crippen LogP contribution in [-0.4, -0.2) is 29.8 Å². The molecule has 0 heterocycles. The maximum atomic E-state index is 11.6. The summed E-state index contributed by atoms with van der Waals surface area (Å²) < 4.78 is 0. The monoisotopic (exact) mass is 203 g/mol. The van der Waals surface area contributed by atoms with E-state index in [1.165, 1.54) is 12.8 Å². The molecular weight excluding hydrogens is 186 g/mol. The van der Waals surface area contributed by atoms with Crippen LogP contribution in [0.1, 0.15) is 32.6 Å². The first-order valence-electron chi connectivity index (χ1n) is 5.11. The number of amides is 1. The lowest BCUT2D eigenvalue weighted by molar-refractivity contribution is -0.131. The summed E-state index contributed by atoms with van der Waals surface area (Å²) in [5, 5.41) is 0. The minimum atomic E-state index is 0.296. The highest BCUT2D eigenvalue weighted by Crippen LogP contribution is 2.32. The smallest absolute Gasteiger partial charge is 0.222 e. The highest BCUT2D eigenvalue weighted by Gasteiger charge is 2.26. The highest BCUT2D eigenvalue weighted by molar-refractivity contribution is 6.18. The van der Waals surface area contributed by atoms with Crippen molar-refractivity contribution < 1.29 is 4.79 Å². The summed E-state index contributed by atoms with van der Waals surface area (Å²) >= 11 is 5.63. The van der Waals surface area contributed by atoms with Crippen molar-refractivity contribution in [2.24, 2.45) is 5.92 Å². The predicted octanol–water partition coefficient (Wildman–Crippen LogP) is 2.26. The molecule has 0 aromatic heterocycles. The first-order chi connectivity index (χ1) is 6.27. The second-order valence-corrected chi connectivity index (χ2v) is 4.10. The van der Waals surface area contributed by atoms with Crippen molar-refractivity contribution in [1.82, 2.24) is 4.90 Å². The van der Waals surface area contributed by atoms with Gasteiger partial charge in [0, 0.05) is 25.4 Å². The summed E-state index contributed by atoms with van der Waals surface area (Å²) in [6.07, 6.45) is 4.25. The fraction of sp³-hybridized carbons (Fsp3) is 0.900. The predicted molar refractivity (Wildman–Crippen MR) is 54.9 cm³/mol. The Kier molecular flexibility index (Phi) is 4.57. The van der Waals surface area contributed by atoms with Gasteiger partial charge in [-0.15, -0.1) is 11.6 Å². The van der Waals surface area contributed by atoms with E-state index in [9.17, 15) is 4.79 Å². The van der Waals surface area contributed by atoms with E-state index in [0.29, 0.717) is 24.2 Å². The van der Waals surface area contributed by atoms with Crippen molar-refractivity contribution in [3.05, 3.63) is 0 Å². The molecule has 1 amide bonds. The third-order valence-corrected chi connectivity index (χ3v) is 2.53. The van der Waals surface area contributed by atoms with Crippen molar-refractivity contribution in [2.75, 3.05) is 19.0 Å². The van der Waals surface area contributed by atoms with Crippen LogP contribution < -0.4 is 0 Å². The largest absolute Gasteiger partial charge is 0.342 e. The number of carbonyl (C=O) groups excluding carboxylic acids is 1. The van der Waals surface area contributed by atoms with Gasteiger partial charge in [0.15, 0.2) is 0 Å². The van der Waals surface area contributed by atoms with Crippen LogP contribution in [0.5, 0.6) is 0 Å². The van der Waals surface area contributed by atoms with Gasteiger partial charge in [-0.3, -0.25) is 4.79 Å². The van der Waals surface area contributed by atoms with Crippen LogP contribution in [0.2, 0.25) is 0 Å². The average molecular weight is 204 g/mol. The molecule has 0 aliphatic heterocycles. The van der Waals surface area contributed by atoms with Gasteiger partial charge < -0.3 is 4.90 Å². The summed E-state index contributed by atoms with van der Waals surface area (Å²) in [5.74, 6) is 1.53. The number of halogens is 1. The standard InChI is InChI=1S/C10H18ClNO/c1-2-6-12(7-5-11)10(13)8-9-3-4-9/h9H,2-8H2,1H3. The van der Waals surface area contributed by atoms with Crippen LogP contribution >= 0.6 is 11.6 Å². The van der Waals surface area contributed by atoms with Crippen molar-refractivity contribution in [3.63, 3.8) is 0 Å². The Labute approximate surface area is 85.2 Å². The molecule has 1 saturated carbocycles. The molecule has 1 rings (SSSR count). The molecular formula is C10H18ClNO. The Morgan fingerprint density at radius 1 is 1.46 bits per heavy atom. The third kappa shape index (κ3) is 3.99. The summed E-state index contributed by atoms with van der Waals surface area (Å²) in [6.45, 7) is 3.66. The van der Waals surface area contributed by atoms with Gasteiger partial charge in [0.2, 0.25) is 5.91 Å². The van der Waals surface area contributed by atoms with Crippen LogP contribution in [0.3, 0.4) is 0 Å². The van der Waals surface area contributed by atoms with E-state index in [1.54, 1.807) is 0 Å². The molecule has 3 heteroatoms. The summed E-state index contributed by atoms with van der Waals surface area (Å²) in [4.78, 5) is 13.5. The SMILES string of the molecule is CCCN(CCCl)C(=O)CC1CC1. The maximum Gasteiger partial charge on any atom is 0.222 e. The van der Waals surface area contributed by atoms with E-state index < -0.39 is 0 Å². The molecule has 0 N–H and O–H groups in total. The minimum Gasteiger partial charge on any atom is -0.342 e. The fourth-order valence-electron chi connectivity index (χ4n) is 1.43. The molecule has 0 bridgehead atoms. The Bertz CT molecular complexity index is 162. The Balaban J connectivity index is 2.27. The van der Waals surface area contributed by atoms with Gasteiger partial charge in [-0.25, -0.2) is 0 Å². The lowest BCUT2D eigenvalue weighted by atomic mass is 10.2. The number of rotatable bonds is 6. The van der Waals surface area contributed by atoms with Crippen LogP contribution in [0, 0.1) is 5.92 Å². The maximum absolute atomic E-state index is 11.6. The number of carbonyl (C=O) groups is 1. The zero-order chi connectivity index (χ0) is 9.68. The van der Waals surface area contributed by atoms with E-state index in [0.717, 1.165) is 19.4 Å². The average Bonchev–Trinajstić information content (AvgIpc) is 2.88. The summed E-state index contributed by atoms with van der Waals surface area (Å²) in [7, 11) is 0. The summed E-state index contributed by atoms with van der Waals surface area (Å²) in [6, 6.07) is 0. The number of hydrogen-bond acceptors (Lipinski definition) is 1. The molecule has 0 aromatic carbocycles. The molecule has 0 aromatic rings. The van der Waals surface area contributed by atoms with E-state index in [1.807, 2.05) is 4.90 Å². The van der Waals surface area contributed by atoms with Crippen molar-refractivity contribution in [3.8, 4) is 0 Å². The molecule has 0 saturated heterocycles. The molecule has 1 aliphatic rings. The lowest BCUT2D eigenvalue weighted by Crippen LogP contribution is -2.33. The van der Waals surface area contributed by atoms with Gasteiger partial charge in [-0.2, -0.15) is 0 Å². The van der Waals surface area contributed by atoms with Crippen LogP contribution in [0.15, 0.2) is 0 Å². The van der Waals surface area contributed by atoms with Crippen LogP contribution in [0.25, 0.3) is 0 Å². The van der Waals surface area contributed by atoms with E-state index >= 15 is 0 Å². The van der Waals surface area contributed by atoms with Gasteiger partial charge in [-0.1, -0.05) is 6.92 Å². The van der Waals surface area contributed by atoms with Crippen molar-refractivity contribution in [1.29, 1.82) is 0 Å². The minimum absolute atomic E-state index is 0.296. The zero-order valence-corrected chi connectivity index (χ0v) is 9.02. The molecule has 2 nitrogen and oxygen atoms in total. The molecule has 76 valence electrons. The number of nitrogens with zero attached hydrogens (tertiary/aromatic N) is 1. The van der Waals surface area contributed by atoms with Crippen molar-refractivity contribution >= 4 is 17.5 Å². The van der Waals surface area contributed by atoms with E-state index in [4.69, 9.17) is 11.6 Å². The molecule has 1 fully saturated rings. The normalized spacial score (nSPS) is 15.8. The van der Waals surface area contributed by atoms with Gasteiger partial charge in [0.25, 0.3) is 0 Å².